The number of hydrogen-bond donors (Lipinski definition) is 1. The maximum atomic E-state index is 12.5. The van der Waals surface area contributed by atoms with Crippen molar-refractivity contribution in [2.24, 2.45) is 5.41 Å². The molecule has 2 rings (SSSR count). The van der Waals surface area contributed by atoms with Gasteiger partial charge in [0.1, 0.15) is 0 Å². The third-order valence-electron chi connectivity index (χ3n) is 4.88. The van der Waals surface area contributed by atoms with Crippen molar-refractivity contribution >= 4 is 21.8 Å². The van der Waals surface area contributed by atoms with E-state index in [1.54, 1.807) is 4.31 Å². The highest BCUT2D eigenvalue weighted by Gasteiger charge is 2.35. The molecule has 0 bridgehead atoms. The van der Waals surface area contributed by atoms with Crippen LogP contribution in [0.5, 0.6) is 0 Å². The van der Waals surface area contributed by atoms with Crippen LogP contribution < -0.4 is 4.72 Å². The van der Waals surface area contributed by atoms with Gasteiger partial charge < -0.3 is 0 Å². The average Bonchev–Trinajstić information content (AvgIpc) is 2.47. The summed E-state index contributed by atoms with van der Waals surface area (Å²) in [6, 6.07) is 0.111. The predicted octanol–water partition coefficient (Wildman–Crippen LogP) is 2.88. The predicted molar refractivity (Wildman–Crippen MR) is 83.2 cm³/mol. The van der Waals surface area contributed by atoms with Crippen LogP contribution in [0, 0.1) is 5.41 Å². The molecule has 0 spiro atoms. The summed E-state index contributed by atoms with van der Waals surface area (Å²) in [7, 11) is -3.36. The van der Waals surface area contributed by atoms with E-state index in [0.717, 1.165) is 44.9 Å². The Morgan fingerprint density at radius 1 is 1.20 bits per heavy atom. The zero-order chi connectivity index (χ0) is 14.6. The quantitative estimate of drug-likeness (QED) is 0.791. The van der Waals surface area contributed by atoms with E-state index in [1.807, 2.05) is 6.92 Å². The van der Waals surface area contributed by atoms with Crippen LogP contribution in [-0.4, -0.2) is 37.7 Å². The van der Waals surface area contributed by atoms with E-state index in [9.17, 15) is 8.42 Å². The Bertz CT molecular complexity index is 407. The summed E-state index contributed by atoms with van der Waals surface area (Å²) < 4.78 is 29.4. The van der Waals surface area contributed by atoms with E-state index in [2.05, 4.69) is 4.72 Å². The summed E-state index contributed by atoms with van der Waals surface area (Å²) in [6.07, 6.45) is 8.69. The van der Waals surface area contributed by atoms with Gasteiger partial charge in [0, 0.05) is 25.0 Å². The van der Waals surface area contributed by atoms with E-state index < -0.39 is 10.2 Å². The van der Waals surface area contributed by atoms with Crippen molar-refractivity contribution in [1.29, 1.82) is 0 Å². The highest BCUT2D eigenvalue weighted by Crippen LogP contribution is 2.37. The molecule has 1 atom stereocenters. The molecule has 1 aliphatic heterocycles. The van der Waals surface area contributed by atoms with Crippen molar-refractivity contribution in [2.75, 3.05) is 19.0 Å². The second-order valence-corrected chi connectivity index (χ2v) is 8.45. The number of nitrogens with one attached hydrogen (secondary N) is 1. The van der Waals surface area contributed by atoms with Gasteiger partial charge in [-0.25, -0.2) is 4.72 Å². The minimum absolute atomic E-state index is 0.0358. The summed E-state index contributed by atoms with van der Waals surface area (Å²) in [6.45, 7) is 3.13. The summed E-state index contributed by atoms with van der Waals surface area (Å²) in [5, 5.41) is 0. The molecule has 118 valence electrons. The summed E-state index contributed by atoms with van der Waals surface area (Å²) in [5.74, 6) is 0.547. The molecular formula is C14H27ClN2O2S. The van der Waals surface area contributed by atoms with Crippen molar-refractivity contribution in [3.63, 3.8) is 0 Å². The van der Waals surface area contributed by atoms with E-state index in [4.69, 9.17) is 11.6 Å². The lowest BCUT2D eigenvalue weighted by atomic mass is 9.76. The maximum Gasteiger partial charge on any atom is 0.279 e. The molecule has 20 heavy (non-hydrogen) atoms. The van der Waals surface area contributed by atoms with E-state index in [1.165, 1.54) is 6.42 Å². The molecule has 4 nitrogen and oxygen atoms in total. The molecule has 0 amide bonds. The van der Waals surface area contributed by atoms with Crippen molar-refractivity contribution < 1.29 is 8.42 Å². The minimum Gasteiger partial charge on any atom is -0.202 e. The zero-order valence-electron chi connectivity index (χ0n) is 12.4. The van der Waals surface area contributed by atoms with Crippen LogP contribution in [-0.2, 0) is 10.2 Å². The molecule has 1 heterocycles. The van der Waals surface area contributed by atoms with Crippen LogP contribution in [0.3, 0.4) is 0 Å². The van der Waals surface area contributed by atoms with E-state index in [-0.39, 0.29) is 11.5 Å². The smallest absolute Gasteiger partial charge is 0.202 e. The topological polar surface area (TPSA) is 49.4 Å². The molecule has 0 aromatic heterocycles. The Morgan fingerprint density at radius 3 is 2.50 bits per heavy atom. The van der Waals surface area contributed by atoms with Crippen molar-refractivity contribution in [3.8, 4) is 0 Å². The van der Waals surface area contributed by atoms with Gasteiger partial charge in [-0.3, -0.25) is 0 Å². The molecule has 0 aromatic carbocycles. The number of alkyl halides is 1. The molecule has 1 saturated carbocycles. The Hall–Kier alpha value is 0.160. The first-order valence-electron chi connectivity index (χ1n) is 7.82. The minimum atomic E-state index is -3.36. The highest BCUT2D eigenvalue weighted by atomic mass is 35.5. The van der Waals surface area contributed by atoms with Gasteiger partial charge in [-0.15, -0.1) is 11.6 Å². The molecule has 1 aliphatic carbocycles. The Kier molecular flexibility index (Phi) is 5.74. The van der Waals surface area contributed by atoms with Gasteiger partial charge in [0.15, 0.2) is 0 Å². The van der Waals surface area contributed by atoms with Gasteiger partial charge in [-0.2, -0.15) is 12.7 Å². The molecule has 1 N–H and O–H groups in total. The van der Waals surface area contributed by atoms with Crippen LogP contribution in [0.1, 0.15) is 58.3 Å². The van der Waals surface area contributed by atoms with Crippen molar-refractivity contribution in [2.45, 2.75) is 64.3 Å². The lowest BCUT2D eigenvalue weighted by Gasteiger charge is -2.37. The molecule has 2 fully saturated rings. The highest BCUT2D eigenvalue weighted by molar-refractivity contribution is 7.87. The SMILES string of the molecule is CC1CCCCN1S(=O)(=O)NCC1(CCl)CCCCC1. The second-order valence-electron chi connectivity index (χ2n) is 6.48. The number of hydrogen-bond acceptors (Lipinski definition) is 2. The molecular weight excluding hydrogens is 296 g/mol. The zero-order valence-corrected chi connectivity index (χ0v) is 14.0. The molecule has 0 radical (unpaired) electrons. The van der Waals surface area contributed by atoms with Gasteiger partial charge in [-0.1, -0.05) is 25.7 Å². The van der Waals surface area contributed by atoms with Crippen LogP contribution in [0.4, 0.5) is 0 Å². The van der Waals surface area contributed by atoms with Gasteiger partial charge in [0.05, 0.1) is 0 Å². The average molecular weight is 323 g/mol. The van der Waals surface area contributed by atoms with Gasteiger partial charge in [0.25, 0.3) is 10.2 Å². The number of nitrogens with zero attached hydrogens (tertiary/aromatic N) is 1. The van der Waals surface area contributed by atoms with Gasteiger partial charge in [-0.05, 0) is 38.0 Å². The first-order valence-corrected chi connectivity index (χ1v) is 9.79. The molecule has 2 aliphatic rings. The van der Waals surface area contributed by atoms with E-state index >= 15 is 0 Å². The molecule has 1 unspecified atom stereocenters. The van der Waals surface area contributed by atoms with Crippen molar-refractivity contribution in [1.82, 2.24) is 9.03 Å². The number of rotatable bonds is 5. The lowest BCUT2D eigenvalue weighted by Crippen LogP contribution is -2.50. The number of halogens is 1. The van der Waals surface area contributed by atoms with E-state index in [0.29, 0.717) is 19.0 Å². The lowest BCUT2D eigenvalue weighted by molar-refractivity contribution is 0.217. The van der Waals surface area contributed by atoms with Crippen LogP contribution >= 0.6 is 11.6 Å². The summed E-state index contributed by atoms with van der Waals surface area (Å²) in [5.41, 5.74) is -0.0358. The fourth-order valence-electron chi connectivity index (χ4n) is 3.42. The van der Waals surface area contributed by atoms with Crippen LogP contribution in [0.2, 0.25) is 0 Å². The fourth-order valence-corrected chi connectivity index (χ4v) is 5.38. The summed E-state index contributed by atoms with van der Waals surface area (Å²) >= 11 is 6.13. The third kappa shape index (κ3) is 3.87. The van der Waals surface area contributed by atoms with Gasteiger partial charge in [0.2, 0.25) is 0 Å². The van der Waals surface area contributed by atoms with Crippen LogP contribution in [0.15, 0.2) is 0 Å². The standard InChI is InChI=1S/C14H27ClN2O2S/c1-13-7-3-6-10-17(13)20(18,19)16-12-14(11-15)8-4-2-5-9-14/h13,16H,2-12H2,1H3. The van der Waals surface area contributed by atoms with Crippen LogP contribution in [0.25, 0.3) is 0 Å². The van der Waals surface area contributed by atoms with Gasteiger partial charge >= 0.3 is 0 Å². The molecule has 0 aromatic rings. The Balaban J connectivity index is 1.97. The molecule has 1 saturated heterocycles. The monoisotopic (exact) mass is 322 g/mol. The largest absolute Gasteiger partial charge is 0.279 e. The maximum absolute atomic E-state index is 12.5. The summed E-state index contributed by atoms with van der Waals surface area (Å²) in [4.78, 5) is 0. The normalized spacial score (nSPS) is 28.4. The molecule has 6 heteroatoms. The fraction of sp³-hybridized carbons (Fsp3) is 1.00. The number of piperidine rings is 1. The first kappa shape index (κ1) is 16.5. The Labute approximate surface area is 128 Å². The van der Waals surface area contributed by atoms with Crippen molar-refractivity contribution in [3.05, 3.63) is 0 Å². The second kappa shape index (κ2) is 6.95. The Morgan fingerprint density at radius 2 is 1.90 bits per heavy atom. The third-order valence-corrected chi connectivity index (χ3v) is 7.11. The first-order chi connectivity index (χ1) is 9.49.